The normalized spacial score (nSPS) is 13.6. The predicted octanol–water partition coefficient (Wildman–Crippen LogP) is 2.89. The van der Waals surface area contributed by atoms with E-state index >= 15 is 0 Å². The first kappa shape index (κ1) is 21.5. The Balaban J connectivity index is 3.93. The van der Waals surface area contributed by atoms with E-state index in [1.807, 2.05) is 0 Å². The van der Waals surface area contributed by atoms with Crippen LogP contribution >= 0.6 is 11.6 Å². The number of halogens is 7. The summed E-state index contributed by atoms with van der Waals surface area (Å²) < 4.78 is 122. The Kier molecular flexibility index (Phi) is 5.43. The average molecular weight is 434 g/mol. The number of hydrogen-bond donors (Lipinski definition) is 1. The highest BCUT2D eigenvalue weighted by molar-refractivity contribution is 7.93. The molecule has 1 rings (SSSR count). The average Bonchev–Trinajstić information content (AvgIpc) is 2.34. The molecule has 0 saturated heterocycles. The van der Waals surface area contributed by atoms with Crippen LogP contribution in [0.15, 0.2) is 21.9 Å². The molecule has 0 heterocycles. The minimum atomic E-state index is -6.30. The largest absolute Gasteiger partial charge is 0.501 e. The zero-order valence-electron chi connectivity index (χ0n) is 11.7. The van der Waals surface area contributed by atoms with E-state index in [0.717, 1.165) is 6.92 Å². The van der Waals surface area contributed by atoms with Crippen LogP contribution in [0.1, 0.15) is 6.92 Å². The maximum Gasteiger partial charge on any atom is 0.501 e. The van der Waals surface area contributed by atoms with Crippen molar-refractivity contribution < 1.29 is 48.0 Å². The molecular weight excluding hydrogens is 428 g/mol. The molecule has 0 saturated carbocycles. The Morgan fingerprint density at radius 3 is 1.68 bits per heavy atom. The summed E-state index contributed by atoms with van der Waals surface area (Å²) in [7, 11) is -12.6. The summed E-state index contributed by atoms with van der Waals surface area (Å²) in [5, 5.41) is 0.397. The summed E-state index contributed by atoms with van der Waals surface area (Å²) in [4.78, 5) is 7.16. The molecule has 1 aromatic carbocycles. The first-order chi connectivity index (χ1) is 10.9. The maximum atomic E-state index is 12.7. The molecule has 0 bridgehead atoms. The van der Waals surface area contributed by atoms with Gasteiger partial charge in [0.15, 0.2) is 0 Å². The van der Waals surface area contributed by atoms with Gasteiger partial charge in [0.25, 0.3) is 19.7 Å². The van der Waals surface area contributed by atoms with Crippen LogP contribution in [0.3, 0.4) is 0 Å². The van der Waals surface area contributed by atoms with Crippen LogP contribution in [-0.2, 0) is 24.5 Å². The summed E-state index contributed by atoms with van der Waals surface area (Å²) in [5.41, 5.74) is -13.1. The molecule has 142 valence electrons. The van der Waals surface area contributed by atoms with Gasteiger partial charge in [-0.2, -0.15) is 26.3 Å². The van der Waals surface area contributed by atoms with Gasteiger partial charge in [-0.05, 0) is 12.1 Å². The first-order valence-electron chi connectivity index (χ1n) is 5.66. The van der Waals surface area contributed by atoms with Crippen molar-refractivity contribution in [2.45, 2.75) is 27.7 Å². The van der Waals surface area contributed by atoms with Gasteiger partial charge in [-0.25, -0.2) is 16.8 Å². The predicted molar refractivity (Wildman–Crippen MR) is 72.2 cm³/mol. The second-order valence-electron chi connectivity index (χ2n) is 4.36. The smallest absolute Gasteiger partial charge is 0.325 e. The topological polar surface area (TPSA) is 97.4 Å². The number of alkyl halides is 6. The van der Waals surface area contributed by atoms with Gasteiger partial charge in [-0.15, -0.1) is 0 Å². The van der Waals surface area contributed by atoms with Crippen LogP contribution in [0.5, 0.6) is 0 Å². The SMILES string of the molecule is CC(=O)Nc1cc(Cl)c(S(=O)(=O)C(F)(F)F)cc1S(=O)(=O)C(F)(F)F. The highest BCUT2D eigenvalue weighted by Gasteiger charge is 2.51. The molecule has 0 aliphatic rings. The second-order valence-corrected chi connectivity index (χ2v) is 8.58. The van der Waals surface area contributed by atoms with Crippen LogP contribution in [-0.4, -0.2) is 33.8 Å². The fraction of sp³-hybridized carbons (Fsp3) is 0.300. The number of sulfone groups is 2. The van der Waals surface area contributed by atoms with E-state index in [9.17, 15) is 48.0 Å². The molecule has 1 aromatic rings. The molecule has 1 amide bonds. The van der Waals surface area contributed by atoms with Crippen molar-refractivity contribution in [3.63, 3.8) is 0 Å². The van der Waals surface area contributed by atoms with E-state index in [1.165, 1.54) is 0 Å². The van der Waals surface area contributed by atoms with Gasteiger partial charge in [0.1, 0.15) is 4.90 Å². The summed E-state index contributed by atoms with van der Waals surface area (Å²) >= 11 is 5.33. The molecule has 15 heteroatoms. The van der Waals surface area contributed by atoms with Crippen molar-refractivity contribution >= 4 is 42.9 Å². The third kappa shape index (κ3) is 4.00. The Hall–Kier alpha value is -1.54. The van der Waals surface area contributed by atoms with Crippen LogP contribution in [0, 0.1) is 0 Å². The molecule has 0 spiro atoms. The third-order valence-corrected chi connectivity index (χ3v) is 6.01. The zero-order valence-corrected chi connectivity index (χ0v) is 14.0. The lowest BCUT2D eigenvalue weighted by Crippen LogP contribution is -2.27. The quantitative estimate of drug-likeness (QED) is 0.739. The molecule has 0 atom stereocenters. The maximum absolute atomic E-state index is 12.7. The standard InChI is InChI=1S/C10H6ClF6NO5S2/c1-4(19)18-6-2-5(11)7(24(20,21)9(12,13)14)3-8(6)25(22,23)10(15,16)17/h2-3H,1H3,(H,18,19). The summed E-state index contributed by atoms with van der Waals surface area (Å²) in [5.74, 6) is -1.08. The zero-order chi connectivity index (χ0) is 20.0. The number of benzene rings is 1. The molecule has 25 heavy (non-hydrogen) atoms. The second kappa shape index (κ2) is 6.32. The number of rotatable bonds is 3. The number of carbonyl (C=O) groups excluding carboxylic acids is 1. The van der Waals surface area contributed by atoms with Crippen LogP contribution < -0.4 is 5.32 Å². The number of hydrogen-bond acceptors (Lipinski definition) is 5. The molecule has 0 aromatic heterocycles. The van der Waals surface area contributed by atoms with Crippen molar-refractivity contribution in [3.05, 3.63) is 17.2 Å². The lowest BCUT2D eigenvalue weighted by Gasteiger charge is -2.16. The van der Waals surface area contributed by atoms with Gasteiger partial charge in [0.2, 0.25) is 5.91 Å². The fourth-order valence-electron chi connectivity index (χ4n) is 1.50. The number of nitrogens with one attached hydrogen (secondary N) is 1. The van der Waals surface area contributed by atoms with E-state index < -0.39 is 63.2 Å². The molecule has 6 nitrogen and oxygen atoms in total. The lowest BCUT2D eigenvalue weighted by atomic mass is 10.3. The van der Waals surface area contributed by atoms with E-state index in [4.69, 9.17) is 11.6 Å². The van der Waals surface area contributed by atoms with Crippen molar-refractivity contribution in [1.82, 2.24) is 0 Å². The third-order valence-electron chi connectivity index (χ3n) is 2.53. The van der Waals surface area contributed by atoms with Crippen LogP contribution in [0.25, 0.3) is 0 Å². The van der Waals surface area contributed by atoms with Gasteiger partial charge in [0.05, 0.1) is 15.6 Å². The Morgan fingerprint density at radius 2 is 1.32 bits per heavy atom. The van der Waals surface area contributed by atoms with E-state index in [2.05, 4.69) is 0 Å². The number of amides is 1. The van der Waals surface area contributed by atoms with Gasteiger partial charge in [-0.3, -0.25) is 4.79 Å². The fourth-order valence-corrected chi connectivity index (χ4v) is 3.80. The van der Waals surface area contributed by atoms with Gasteiger partial charge in [-0.1, -0.05) is 11.6 Å². The van der Waals surface area contributed by atoms with Crippen LogP contribution in [0.4, 0.5) is 32.0 Å². The molecule has 0 aliphatic heterocycles. The number of anilines is 1. The number of carbonyl (C=O) groups is 1. The van der Waals surface area contributed by atoms with Crippen molar-refractivity contribution in [2.24, 2.45) is 0 Å². The summed E-state index contributed by atoms with van der Waals surface area (Å²) in [6, 6.07) is -0.237. The van der Waals surface area contributed by atoms with E-state index in [0.29, 0.717) is 0 Å². The molecule has 0 radical (unpaired) electrons. The first-order valence-corrected chi connectivity index (χ1v) is 9.01. The monoisotopic (exact) mass is 433 g/mol. The Bertz CT molecular complexity index is 920. The van der Waals surface area contributed by atoms with E-state index in [-0.39, 0.29) is 6.07 Å². The Labute approximate surface area is 141 Å². The Morgan fingerprint density at radius 1 is 0.920 bits per heavy atom. The highest BCUT2D eigenvalue weighted by Crippen LogP contribution is 2.41. The lowest BCUT2D eigenvalue weighted by molar-refractivity contribution is -0.114. The van der Waals surface area contributed by atoms with Gasteiger partial charge in [0, 0.05) is 6.92 Å². The highest BCUT2D eigenvalue weighted by atomic mass is 35.5. The van der Waals surface area contributed by atoms with E-state index in [1.54, 1.807) is 5.32 Å². The van der Waals surface area contributed by atoms with Crippen molar-refractivity contribution in [1.29, 1.82) is 0 Å². The van der Waals surface area contributed by atoms with Gasteiger partial charge < -0.3 is 5.32 Å². The molecular formula is C10H6ClF6NO5S2. The minimum Gasteiger partial charge on any atom is -0.325 e. The summed E-state index contributed by atoms with van der Waals surface area (Å²) in [6.07, 6.45) is 0. The molecule has 1 N–H and O–H groups in total. The van der Waals surface area contributed by atoms with Crippen molar-refractivity contribution in [2.75, 3.05) is 5.32 Å². The summed E-state index contributed by atoms with van der Waals surface area (Å²) in [6.45, 7) is 0.762. The molecule has 0 unspecified atom stereocenters. The minimum absolute atomic E-state index is 0.167. The van der Waals surface area contributed by atoms with Crippen LogP contribution in [0.2, 0.25) is 5.02 Å². The molecule has 0 aliphatic carbocycles. The van der Waals surface area contributed by atoms with Gasteiger partial charge >= 0.3 is 11.0 Å². The molecule has 0 fully saturated rings. The van der Waals surface area contributed by atoms with Crippen molar-refractivity contribution in [3.8, 4) is 0 Å².